The van der Waals surface area contributed by atoms with Gasteiger partial charge in [-0.1, -0.05) is 0 Å². The topological polar surface area (TPSA) is 37.6 Å². The third-order valence-corrected chi connectivity index (χ3v) is 4.42. The summed E-state index contributed by atoms with van der Waals surface area (Å²) in [5, 5.41) is 3.45. The number of nitrogens with zero attached hydrogens (tertiary/aromatic N) is 1. The van der Waals surface area contributed by atoms with Crippen molar-refractivity contribution in [3.63, 3.8) is 0 Å². The third kappa shape index (κ3) is 3.08. The quantitative estimate of drug-likeness (QED) is 0.899. The first-order chi connectivity index (χ1) is 9.26. The number of hydrogen-bond donors (Lipinski definition) is 1. The van der Waals surface area contributed by atoms with Gasteiger partial charge in [0.05, 0.1) is 23.7 Å². The highest BCUT2D eigenvalue weighted by molar-refractivity contribution is 5.07. The second-order valence-electron chi connectivity index (χ2n) is 7.01. The Kier molecular flexibility index (Phi) is 4.28. The Morgan fingerprint density at radius 3 is 2.50 bits per heavy atom. The summed E-state index contributed by atoms with van der Waals surface area (Å²) in [5.74, 6) is 0.444. The van der Waals surface area contributed by atoms with Crippen LogP contribution in [0.25, 0.3) is 0 Å². The van der Waals surface area contributed by atoms with E-state index < -0.39 is 0 Å². The van der Waals surface area contributed by atoms with Gasteiger partial charge in [0.1, 0.15) is 0 Å². The maximum Gasteiger partial charge on any atom is 0.0947 e. The molecule has 1 aromatic heterocycles. The molecular formula is C16H28N2O2. The molecule has 0 radical (unpaired) electrons. The summed E-state index contributed by atoms with van der Waals surface area (Å²) in [7, 11) is 4.18. The number of likely N-dealkylation sites (N-methyl/N-ethyl adjacent to an activating group) is 1. The lowest BCUT2D eigenvalue weighted by Crippen LogP contribution is -2.49. The summed E-state index contributed by atoms with van der Waals surface area (Å²) in [6, 6.07) is 2.37. The average molecular weight is 280 g/mol. The van der Waals surface area contributed by atoms with Gasteiger partial charge < -0.3 is 19.4 Å². The molecule has 1 N–H and O–H groups in total. The minimum absolute atomic E-state index is 0.123. The molecule has 0 aliphatic carbocycles. The van der Waals surface area contributed by atoms with E-state index in [0.29, 0.717) is 12.0 Å². The molecule has 4 nitrogen and oxygen atoms in total. The molecule has 1 saturated heterocycles. The predicted octanol–water partition coefficient (Wildman–Crippen LogP) is 2.50. The number of nitrogens with one attached hydrogen (secondary N) is 1. The van der Waals surface area contributed by atoms with E-state index in [9.17, 15) is 0 Å². The van der Waals surface area contributed by atoms with Gasteiger partial charge >= 0.3 is 0 Å². The van der Waals surface area contributed by atoms with E-state index in [4.69, 9.17) is 9.15 Å². The Balaban J connectivity index is 2.06. The lowest BCUT2D eigenvalue weighted by Gasteiger charge is -2.32. The minimum atomic E-state index is -0.139. The lowest BCUT2D eigenvalue weighted by atomic mass is 9.82. The van der Waals surface area contributed by atoms with Crippen LogP contribution in [0.15, 0.2) is 23.0 Å². The highest BCUT2D eigenvalue weighted by Gasteiger charge is 2.53. The Bertz CT molecular complexity index is 426. The SMILES string of the molecule is CNC1C(CN(C)Cc2ccoc2)C(C)(C)OC1(C)C. The normalized spacial score (nSPS) is 28.1. The first kappa shape index (κ1) is 15.5. The van der Waals surface area contributed by atoms with Crippen LogP contribution in [0.1, 0.15) is 33.3 Å². The molecule has 114 valence electrons. The summed E-state index contributed by atoms with van der Waals surface area (Å²) < 4.78 is 11.4. The van der Waals surface area contributed by atoms with Gasteiger partial charge in [0, 0.05) is 30.6 Å². The number of furan rings is 1. The molecule has 0 saturated carbocycles. The van der Waals surface area contributed by atoms with Crippen molar-refractivity contribution in [2.75, 3.05) is 20.6 Å². The molecule has 2 heterocycles. The van der Waals surface area contributed by atoms with Gasteiger partial charge in [-0.05, 0) is 47.9 Å². The Morgan fingerprint density at radius 1 is 1.25 bits per heavy atom. The molecule has 0 spiro atoms. The van der Waals surface area contributed by atoms with Crippen molar-refractivity contribution in [2.45, 2.75) is 51.5 Å². The molecule has 1 aliphatic rings. The molecule has 2 rings (SSSR count). The highest BCUT2D eigenvalue weighted by atomic mass is 16.5. The molecule has 1 fully saturated rings. The van der Waals surface area contributed by atoms with Crippen molar-refractivity contribution >= 4 is 0 Å². The van der Waals surface area contributed by atoms with E-state index in [0.717, 1.165) is 13.1 Å². The van der Waals surface area contributed by atoms with E-state index in [1.807, 2.05) is 19.4 Å². The highest BCUT2D eigenvalue weighted by Crippen LogP contribution is 2.42. The summed E-state index contributed by atoms with van der Waals surface area (Å²) in [6.45, 7) is 10.6. The number of ether oxygens (including phenoxy) is 1. The molecule has 2 atom stereocenters. The van der Waals surface area contributed by atoms with Crippen molar-refractivity contribution in [1.29, 1.82) is 0 Å². The summed E-state index contributed by atoms with van der Waals surface area (Å²) in [5.41, 5.74) is 0.950. The van der Waals surface area contributed by atoms with Gasteiger partial charge in [-0.25, -0.2) is 0 Å². The second-order valence-corrected chi connectivity index (χ2v) is 7.01. The van der Waals surface area contributed by atoms with E-state index in [1.54, 1.807) is 6.26 Å². The van der Waals surface area contributed by atoms with E-state index in [2.05, 4.69) is 45.0 Å². The van der Waals surface area contributed by atoms with Crippen LogP contribution in [0.4, 0.5) is 0 Å². The molecule has 0 bridgehead atoms. The van der Waals surface area contributed by atoms with E-state index >= 15 is 0 Å². The fourth-order valence-electron chi connectivity index (χ4n) is 3.67. The zero-order valence-electron chi connectivity index (χ0n) is 13.6. The smallest absolute Gasteiger partial charge is 0.0947 e. The second kappa shape index (κ2) is 5.51. The third-order valence-electron chi connectivity index (χ3n) is 4.42. The van der Waals surface area contributed by atoms with Crippen LogP contribution in [-0.4, -0.2) is 42.8 Å². The summed E-state index contributed by atoms with van der Waals surface area (Å²) >= 11 is 0. The van der Waals surface area contributed by atoms with Gasteiger partial charge in [0.25, 0.3) is 0 Å². The zero-order valence-corrected chi connectivity index (χ0v) is 13.6. The van der Waals surface area contributed by atoms with Crippen molar-refractivity contribution in [1.82, 2.24) is 10.2 Å². The molecule has 20 heavy (non-hydrogen) atoms. The molecule has 1 aliphatic heterocycles. The summed E-state index contributed by atoms with van der Waals surface area (Å²) in [4.78, 5) is 2.34. The van der Waals surface area contributed by atoms with Crippen LogP contribution in [0.5, 0.6) is 0 Å². The number of rotatable bonds is 5. The average Bonchev–Trinajstić information content (AvgIpc) is 2.84. The summed E-state index contributed by atoms with van der Waals surface area (Å²) in [6.07, 6.45) is 3.54. The molecule has 2 unspecified atom stereocenters. The Morgan fingerprint density at radius 2 is 1.95 bits per heavy atom. The molecule has 0 aromatic carbocycles. The van der Waals surface area contributed by atoms with E-state index in [-0.39, 0.29) is 11.2 Å². The van der Waals surface area contributed by atoms with Gasteiger partial charge in [-0.15, -0.1) is 0 Å². The maximum atomic E-state index is 6.28. The first-order valence-electron chi connectivity index (χ1n) is 7.33. The molecule has 1 aromatic rings. The zero-order chi connectivity index (χ0) is 15.0. The van der Waals surface area contributed by atoms with Crippen LogP contribution in [-0.2, 0) is 11.3 Å². The molecule has 0 amide bonds. The maximum absolute atomic E-state index is 6.28. The van der Waals surface area contributed by atoms with E-state index in [1.165, 1.54) is 5.56 Å². The monoisotopic (exact) mass is 280 g/mol. The van der Waals surface area contributed by atoms with Gasteiger partial charge in [-0.2, -0.15) is 0 Å². The van der Waals surface area contributed by atoms with Gasteiger partial charge in [0.2, 0.25) is 0 Å². The Labute approximate surface area is 122 Å². The van der Waals surface area contributed by atoms with Crippen LogP contribution >= 0.6 is 0 Å². The standard InChI is InChI=1S/C16H28N2O2/c1-15(2)13(14(17-5)16(3,4)20-15)10-18(6)9-12-7-8-19-11-12/h7-8,11,13-14,17H,9-10H2,1-6H3. The minimum Gasteiger partial charge on any atom is -0.472 e. The van der Waals surface area contributed by atoms with Crippen molar-refractivity contribution in [3.8, 4) is 0 Å². The fourth-order valence-corrected chi connectivity index (χ4v) is 3.67. The lowest BCUT2D eigenvalue weighted by molar-refractivity contribution is -0.0791. The predicted molar refractivity (Wildman–Crippen MR) is 80.6 cm³/mol. The van der Waals surface area contributed by atoms with Crippen LogP contribution < -0.4 is 5.32 Å². The molecule has 4 heteroatoms. The number of hydrogen-bond acceptors (Lipinski definition) is 4. The van der Waals surface area contributed by atoms with Crippen molar-refractivity contribution < 1.29 is 9.15 Å². The van der Waals surface area contributed by atoms with Gasteiger partial charge in [0.15, 0.2) is 0 Å². The molecular weight excluding hydrogens is 252 g/mol. The van der Waals surface area contributed by atoms with Crippen LogP contribution in [0.3, 0.4) is 0 Å². The van der Waals surface area contributed by atoms with Crippen LogP contribution in [0, 0.1) is 5.92 Å². The van der Waals surface area contributed by atoms with Crippen molar-refractivity contribution in [3.05, 3.63) is 24.2 Å². The van der Waals surface area contributed by atoms with Crippen molar-refractivity contribution in [2.24, 2.45) is 5.92 Å². The first-order valence-corrected chi connectivity index (χ1v) is 7.33. The Hall–Kier alpha value is -0.840. The largest absolute Gasteiger partial charge is 0.472 e. The van der Waals surface area contributed by atoms with Gasteiger partial charge in [-0.3, -0.25) is 0 Å². The van der Waals surface area contributed by atoms with Crippen LogP contribution in [0.2, 0.25) is 0 Å². The fraction of sp³-hybridized carbons (Fsp3) is 0.750.